The summed E-state index contributed by atoms with van der Waals surface area (Å²) in [4.78, 5) is 4.17. The van der Waals surface area contributed by atoms with Crippen LogP contribution >= 0.6 is 0 Å². The number of hydrazine groups is 1. The molecule has 19 heavy (non-hydrogen) atoms. The summed E-state index contributed by atoms with van der Waals surface area (Å²) in [6, 6.07) is 7.52. The van der Waals surface area contributed by atoms with Crippen molar-refractivity contribution >= 4 is 0 Å². The number of pyridine rings is 1. The van der Waals surface area contributed by atoms with Crippen molar-refractivity contribution in [1.82, 2.24) is 10.4 Å². The summed E-state index contributed by atoms with van der Waals surface area (Å²) in [7, 11) is 0. The van der Waals surface area contributed by atoms with Gasteiger partial charge in [0.15, 0.2) is 11.6 Å². The average molecular weight is 263 g/mol. The first-order valence-electron chi connectivity index (χ1n) is 5.93. The molecule has 1 aromatic heterocycles. The van der Waals surface area contributed by atoms with Crippen molar-refractivity contribution in [2.75, 3.05) is 0 Å². The molecule has 0 saturated carbocycles. The Morgan fingerprint density at radius 3 is 2.68 bits per heavy atom. The molecular weight excluding hydrogens is 248 g/mol. The van der Waals surface area contributed by atoms with Crippen LogP contribution < -0.4 is 11.3 Å². The standard InChI is InChI=1S/C14H15F2N3/c1-9-5-6-11(8-18-9)13(19-17)7-10-3-2-4-12(15)14(10)16/h2-6,8,13,19H,7,17H2,1H3. The number of hydrogen-bond donors (Lipinski definition) is 2. The van der Waals surface area contributed by atoms with Crippen LogP contribution in [0.15, 0.2) is 36.5 Å². The third kappa shape index (κ3) is 3.13. The fourth-order valence-electron chi connectivity index (χ4n) is 1.88. The van der Waals surface area contributed by atoms with E-state index in [-0.39, 0.29) is 18.0 Å². The smallest absolute Gasteiger partial charge is 0.162 e. The molecule has 1 unspecified atom stereocenters. The maximum atomic E-state index is 13.6. The Morgan fingerprint density at radius 1 is 1.26 bits per heavy atom. The molecule has 0 aliphatic heterocycles. The largest absolute Gasteiger partial charge is 0.271 e. The number of rotatable bonds is 4. The van der Waals surface area contributed by atoms with Gasteiger partial charge in [-0.3, -0.25) is 16.3 Å². The molecule has 2 rings (SSSR count). The van der Waals surface area contributed by atoms with Gasteiger partial charge in [-0.15, -0.1) is 0 Å². The molecule has 0 aliphatic rings. The Labute approximate surface area is 110 Å². The topological polar surface area (TPSA) is 50.9 Å². The van der Waals surface area contributed by atoms with Crippen molar-refractivity contribution in [3.63, 3.8) is 0 Å². The minimum atomic E-state index is -0.852. The summed E-state index contributed by atoms with van der Waals surface area (Å²) in [6.45, 7) is 1.88. The van der Waals surface area contributed by atoms with Crippen LogP contribution in [0.3, 0.4) is 0 Å². The zero-order valence-electron chi connectivity index (χ0n) is 10.5. The molecule has 2 aromatic rings. The maximum absolute atomic E-state index is 13.6. The Hall–Kier alpha value is -1.85. The van der Waals surface area contributed by atoms with E-state index in [2.05, 4.69) is 10.4 Å². The van der Waals surface area contributed by atoms with Gasteiger partial charge < -0.3 is 0 Å². The predicted octanol–water partition coefficient (Wildman–Crippen LogP) is 2.42. The van der Waals surface area contributed by atoms with Crippen LogP contribution in [-0.2, 0) is 6.42 Å². The highest BCUT2D eigenvalue weighted by Gasteiger charge is 2.15. The second-order valence-corrected chi connectivity index (χ2v) is 4.37. The summed E-state index contributed by atoms with van der Waals surface area (Å²) < 4.78 is 26.8. The SMILES string of the molecule is Cc1ccc(C(Cc2cccc(F)c2F)NN)cn1. The van der Waals surface area contributed by atoms with E-state index in [9.17, 15) is 8.78 Å². The summed E-state index contributed by atoms with van der Waals surface area (Å²) in [5.74, 6) is 3.80. The summed E-state index contributed by atoms with van der Waals surface area (Å²) in [5.41, 5.74) is 4.60. The number of nitrogens with one attached hydrogen (secondary N) is 1. The quantitative estimate of drug-likeness (QED) is 0.658. The number of hydrogen-bond acceptors (Lipinski definition) is 3. The molecule has 0 saturated heterocycles. The van der Waals surface area contributed by atoms with E-state index in [4.69, 9.17) is 5.84 Å². The van der Waals surface area contributed by atoms with E-state index < -0.39 is 11.6 Å². The lowest BCUT2D eigenvalue weighted by atomic mass is 10.00. The molecule has 0 amide bonds. The first kappa shape index (κ1) is 13.6. The van der Waals surface area contributed by atoms with Gasteiger partial charge >= 0.3 is 0 Å². The summed E-state index contributed by atoms with van der Waals surface area (Å²) in [5, 5.41) is 0. The monoisotopic (exact) mass is 263 g/mol. The van der Waals surface area contributed by atoms with Crippen molar-refractivity contribution in [2.45, 2.75) is 19.4 Å². The lowest BCUT2D eigenvalue weighted by molar-refractivity contribution is 0.481. The molecule has 100 valence electrons. The van der Waals surface area contributed by atoms with Gasteiger partial charge in [0.2, 0.25) is 0 Å². The lowest BCUT2D eigenvalue weighted by Crippen LogP contribution is -2.30. The van der Waals surface area contributed by atoms with Crippen LogP contribution in [0.5, 0.6) is 0 Å². The third-order valence-electron chi connectivity index (χ3n) is 2.99. The second kappa shape index (κ2) is 5.86. The average Bonchev–Trinajstić information content (AvgIpc) is 2.42. The molecule has 3 N–H and O–H groups in total. The van der Waals surface area contributed by atoms with Crippen molar-refractivity contribution in [2.24, 2.45) is 5.84 Å². The zero-order valence-corrected chi connectivity index (χ0v) is 10.5. The molecule has 0 aliphatic carbocycles. The number of benzene rings is 1. The van der Waals surface area contributed by atoms with Gasteiger partial charge in [0.25, 0.3) is 0 Å². The normalized spacial score (nSPS) is 12.4. The van der Waals surface area contributed by atoms with Crippen LogP contribution in [0.4, 0.5) is 8.78 Å². The highest BCUT2D eigenvalue weighted by molar-refractivity contribution is 5.24. The van der Waals surface area contributed by atoms with Crippen molar-refractivity contribution in [1.29, 1.82) is 0 Å². The zero-order chi connectivity index (χ0) is 13.8. The van der Waals surface area contributed by atoms with Gasteiger partial charge in [-0.05, 0) is 36.6 Å². The van der Waals surface area contributed by atoms with E-state index in [1.807, 2.05) is 19.1 Å². The minimum absolute atomic E-state index is 0.255. The molecular formula is C14H15F2N3. The van der Waals surface area contributed by atoms with Gasteiger partial charge in [0.05, 0.1) is 6.04 Å². The highest BCUT2D eigenvalue weighted by atomic mass is 19.2. The highest BCUT2D eigenvalue weighted by Crippen LogP contribution is 2.20. The van der Waals surface area contributed by atoms with Crippen LogP contribution in [0.2, 0.25) is 0 Å². The van der Waals surface area contributed by atoms with Gasteiger partial charge in [-0.25, -0.2) is 8.78 Å². The van der Waals surface area contributed by atoms with Gasteiger partial charge in [0.1, 0.15) is 0 Å². The van der Waals surface area contributed by atoms with Crippen LogP contribution in [0.1, 0.15) is 22.9 Å². The molecule has 5 heteroatoms. The van der Waals surface area contributed by atoms with Gasteiger partial charge in [0, 0.05) is 11.9 Å². The first-order valence-corrected chi connectivity index (χ1v) is 5.93. The number of aromatic nitrogens is 1. The molecule has 1 atom stereocenters. The van der Waals surface area contributed by atoms with Crippen molar-refractivity contribution in [3.05, 3.63) is 65.0 Å². The fraction of sp³-hybridized carbons (Fsp3) is 0.214. The number of nitrogens with zero attached hydrogens (tertiary/aromatic N) is 1. The Balaban J connectivity index is 2.24. The number of aryl methyl sites for hydroxylation is 1. The van der Waals surface area contributed by atoms with Crippen LogP contribution in [-0.4, -0.2) is 4.98 Å². The second-order valence-electron chi connectivity index (χ2n) is 4.37. The van der Waals surface area contributed by atoms with Crippen molar-refractivity contribution < 1.29 is 8.78 Å². The third-order valence-corrected chi connectivity index (χ3v) is 2.99. The summed E-state index contributed by atoms with van der Waals surface area (Å²) >= 11 is 0. The molecule has 1 aromatic carbocycles. The van der Waals surface area contributed by atoms with Gasteiger partial charge in [-0.1, -0.05) is 18.2 Å². The lowest BCUT2D eigenvalue weighted by Gasteiger charge is -2.16. The predicted molar refractivity (Wildman–Crippen MR) is 69.1 cm³/mol. The summed E-state index contributed by atoms with van der Waals surface area (Å²) in [6.07, 6.45) is 1.93. The van der Waals surface area contributed by atoms with E-state index in [0.29, 0.717) is 0 Å². The fourth-order valence-corrected chi connectivity index (χ4v) is 1.88. The maximum Gasteiger partial charge on any atom is 0.162 e. The number of halogens is 2. The number of nitrogens with two attached hydrogens (primary N) is 1. The minimum Gasteiger partial charge on any atom is -0.271 e. The molecule has 0 bridgehead atoms. The van der Waals surface area contributed by atoms with Gasteiger partial charge in [-0.2, -0.15) is 0 Å². The van der Waals surface area contributed by atoms with E-state index in [1.165, 1.54) is 6.07 Å². The molecule has 0 fully saturated rings. The Kier molecular flexibility index (Phi) is 4.19. The van der Waals surface area contributed by atoms with E-state index in [0.717, 1.165) is 17.3 Å². The first-order chi connectivity index (χ1) is 9.11. The molecule has 1 heterocycles. The molecule has 3 nitrogen and oxygen atoms in total. The van der Waals surface area contributed by atoms with E-state index in [1.54, 1.807) is 12.3 Å². The van der Waals surface area contributed by atoms with Crippen LogP contribution in [0.25, 0.3) is 0 Å². The van der Waals surface area contributed by atoms with E-state index >= 15 is 0 Å². The van der Waals surface area contributed by atoms with Crippen LogP contribution in [0, 0.1) is 18.6 Å². The Morgan fingerprint density at radius 2 is 2.05 bits per heavy atom. The Bertz CT molecular complexity index is 555. The van der Waals surface area contributed by atoms with Crippen molar-refractivity contribution in [3.8, 4) is 0 Å². The molecule has 0 spiro atoms. The molecule has 0 radical (unpaired) electrons.